The van der Waals surface area contributed by atoms with Crippen molar-refractivity contribution in [3.8, 4) is 22.9 Å². The predicted molar refractivity (Wildman–Crippen MR) is 107 cm³/mol. The summed E-state index contributed by atoms with van der Waals surface area (Å²) < 4.78 is 21.3. The fourth-order valence-electron chi connectivity index (χ4n) is 2.54. The molecule has 0 spiro atoms. The molecule has 7 nitrogen and oxygen atoms in total. The highest BCUT2D eigenvalue weighted by molar-refractivity contribution is 5.87. The Morgan fingerprint density at radius 1 is 1.03 bits per heavy atom. The van der Waals surface area contributed by atoms with Crippen molar-refractivity contribution in [1.82, 2.24) is 10.1 Å². The maximum Gasteiger partial charge on any atom is 0.331 e. The van der Waals surface area contributed by atoms with Crippen LogP contribution in [-0.4, -0.2) is 29.3 Å². The van der Waals surface area contributed by atoms with Gasteiger partial charge in [-0.25, -0.2) is 4.79 Å². The van der Waals surface area contributed by atoms with Gasteiger partial charge in [0.1, 0.15) is 11.5 Å². The molecule has 3 rings (SSSR count). The van der Waals surface area contributed by atoms with Gasteiger partial charge in [-0.05, 0) is 49.8 Å². The molecule has 29 heavy (non-hydrogen) atoms. The molecule has 0 bridgehead atoms. The molecule has 0 N–H and O–H groups in total. The molecule has 3 aromatic rings. The van der Waals surface area contributed by atoms with Crippen LogP contribution >= 0.6 is 0 Å². The van der Waals surface area contributed by atoms with E-state index in [1.165, 1.54) is 6.08 Å². The van der Waals surface area contributed by atoms with Crippen molar-refractivity contribution < 1.29 is 23.5 Å². The first-order valence-corrected chi connectivity index (χ1v) is 9.32. The topological polar surface area (TPSA) is 83.7 Å². The number of para-hydroxylation sites is 1. The van der Waals surface area contributed by atoms with Crippen molar-refractivity contribution in [2.75, 3.05) is 13.2 Å². The first kappa shape index (κ1) is 20.1. The van der Waals surface area contributed by atoms with Crippen LogP contribution in [0.15, 0.2) is 59.1 Å². The second-order valence-electron chi connectivity index (χ2n) is 5.88. The minimum absolute atomic E-state index is 0.115. The van der Waals surface area contributed by atoms with Gasteiger partial charge >= 0.3 is 5.97 Å². The summed E-state index contributed by atoms with van der Waals surface area (Å²) in [4.78, 5) is 16.2. The smallest absolute Gasteiger partial charge is 0.331 e. The van der Waals surface area contributed by atoms with Crippen molar-refractivity contribution in [3.63, 3.8) is 0 Å². The number of rotatable bonds is 9. The van der Waals surface area contributed by atoms with E-state index in [4.69, 9.17) is 18.7 Å². The number of benzene rings is 2. The lowest BCUT2D eigenvalue weighted by molar-refractivity contribution is -0.139. The summed E-state index contributed by atoms with van der Waals surface area (Å²) in [5.41, 5.74) is 1.57. The SMILES string of the molecule is CCOc1ccc(/C=C/C(=O)OCc2nc(-c3ccccc3OCC)no2)cc1. The average Bonchev–Trinajstić information content (AvgIpc) is 3.21. The molecule has 1 aromatic heterocycles. The Balaban J connectivity index is 1.56. The van der Waals surface area contributed by atoms with E-state index in [0.29, 0.717) is 30.4 Å². The molecular weight excluding hydrogens is 372 g/mol. The fraction of sp³-hybridized carbons (Fsp3) is 0.227. The molecule has 150 valence electrons. The summed E-state index contributed by atoms with van der Waals surface area (Å²) in [6.45, 7) is 4.85. The van der Waals surface area contributed by atoms with Gasteiger partial charge in [-0.2, -0.15) is 4.98 Å². The molecule has 0 amide bonds. The minimum atomic E-state index is -0.506. The fourth-order valence-corrected chi connectivity index (χ4v) is 2.54. The van der Waals surface area contributed by atoms with Crippen molar-refractivity contribution in [1.29, 1.82) is 0 Å². The van der Waals surface area contributed by atoms with Gasteiger partial charge in [0.25, 0.3) is 5.89 Å². The van der Waals surface area contributed by atoms with E-state index in [1.54, 1.807) is 6.08 Å². The zero-order chi connectivity index (χ0) is 20.5. The van der Waals surface area contributed by atoms with Crippen molar-refractivity contribution >= 4 is 12.0 Å². The van der Waals surface area contributed by atoms with Crippen LogP contribution in [-0.2, 0) is 16.1 Å². The van der Waals surface area contributed by atoms with E-state index in [-0.39, 0.29) is 12.5 Å². The van der Waals surface area contributed by atoms with Gasteiger partial charge in [-0.1, -0.05) is 29.4 Å². The van der Waals surface area contributed by atoms with Gasteiger partial charge < -0.3 is 18.7 Å². The largest absolute Gasteiger partial charge is 0.494 e. The van der Waals surface area contributed by atoms with Gasteiger partial charge in [0.2, 0.25) is 5.82 Å². The Hall–Kier alpha value is -3.61. The first-order valence-electron chi connectivity index (χ1n) is 9.32. The summed E-state index contributed by atoms with van der Waals surface area (Å²) >= 11 is 0. The lowest BCUT2D eigenvalue weighted by Crippen LogP contribution is -2.01. The van der Waals surface area contributed by atoms with Crippen LogP contribution < -0.4 is 9.47 Å². The van der Waals surface area contributed by atoms with Gasteiger partial charge in [0.15, 0.2) is 6.61 Å². The second kappa shape index (κ2) is 10.1. The number of nitrogens with zero attached hydrogens (tertiary/aromatic N) is 2. The van der Waals surface area contributed by atoms with E-state index in [1.807, 2.05) is 62.4 Å². The van der Waals surface area contributed by atoms with Crippen LogP contribution in [0, 0.1) is 0 Å². The van der Waals surface area contributed by atoms with Gasteiger partial charge in [0.05, 0.1) is 18.8 Å². The maximum absolute atomic E-state index is 11.9. The number of aromatic nitrogens is 2. The lowest BCUT2D eigenvalue weighted by Gasteiger charge is -2.05. The predicted octanol–water partition coefficient (Wildman–Crippen LogP) is 4.29. The Morgan fingerprint density at radius 3 is 2.55 bits per heavy atom. The molecule has 1 heterocycles. The number of hydrogen-bond acceptors (Lipinski definition) is 7. The first-order chi connectivity index (χ1) is 14.2. The monoisotopic (exact) mass is 394 g/mol. The third-order valence-electron chi connectivity index (χ3n) is 3.84. The van der Waals surface area contributed by atoms with Gasteiger partial charge in [-0.3, -0.25) is 0 Å². The third-order valence-corrected chi connectivity index (χ3v) is 3.84. The highest BCUT2D eigenvalue weighted by Crippen LogP contribution is 2.27. The minimum Gasteiger partial charge on any atom is -0.494 e. The summed E-state index contributed by atoms with van der Waals surface area (Å²) in [6.07, 6.45) is 3.01. The number of ether oxygens (including phenoxy) is 3. The van der Waals surface area contributed by atoms with Crippen molar-refractivity contribution in [2.24, 2.45) is 0 Å². The molecule has 0 aliphatic heterocycles. The normalized spacial score (nSPS) is 10.8. The standard InChI is InChI=1S/C22H22N2O5/c1-3-26-17-12-9-16(10-13-17)11-14-21(25)28-15-20-23-22(24-29-20)18-7-5-6-8-19(18)27-4-2/h5-14H,3-4,15H2,1-2H3/b14-11+. The number of carbonyl (C=O) groups is 1. The van der Waals surface area contributed by atoms with Crippen LogP contribution in [0.1, 0.15) is 25.3 Å². The molecule has 0 saturated heterocycles. The zero-order valence-corrected chi connectivity index (χ0v) is 16.3. The molecule has 2 aromatic carbocycles. The van der Waals surface area contributed by atoms with Crippen molar-refractivity contribution in [2.45, 2.75) is 20.5 Å². The van der Waals surface area contributed by atoms with Crippen LogP contribution in [0.5, 0.6) is 11.5 Å². The van der Waals surface area contributed by atoms with E-state index in [0.717, 1.165) is 11.3 Å². The van der Waals surface area contributed by atoms with Crippen LogP contribution in [0.25, 0.3) is 17.5 Å². The molecule has 7 heteroatoms. The maximum atomic E-state index is 11.9. The van der Waals surface area contributed by atoms with Crippen LogP contribution in [0.4, 0.5) is 0 Å². The van der Waals surface area contributed by atoms with Crippen molar-refractivity contribution in [3.05, 3.63) is 66.1 Å². The van der Waals surface area contributed by atoms with Gasteiger partial charge in [-0.15, -0.1) is 0 Å². The second-order valence-corrected chi connectivity index (χ2v) is 5.88. The Kier molecular flexibility index (Phi) is 7.00. The van der Waals surface area contributed by atoms with E-state index in [2.05, 4.69) is 10.1 Å². The number of carbonyl (C=O) groups excluding carboxylic acids is 1. The summed E-state index contributed by atoms with van der Waals surface area (Å²) in [5, 5.41) is 3.94. The Labute approximate surface area is 168 Å². The highest BCUT2D eigenvalue weighted by Gasteiger charge is 2.14. The molecule has 0 atom stereocenters. The Bertz CT molecular complexity index is 963. The molecule has 0 radical (unpaired) electrons. The van der Waals surface area contributed by atoms with E-state index in [9.17, 15) is 4.79 Å². The van der Waals surface area contributed by atoms with Crippen LogP contribution in [0.3, 0.4) is 0 Å². The highest BCUT2D eigenvalue weighted by atomic mass is 16.6. The quantitative estimate of drug-likeness (QED) is 0.395. The molecule has 0 unspecified atom stereocenters. The third kappa shape index (κ3) is 5.68. The number of hydrogen-bond donors (Lipinski definition) is 0. The molecule has 0 fully saturated rings. The van der Waals surface area contributed by atoms with E-state index >= 15 is 0 Å². The van der Waals surface area contributed by atoms with Crippen LogP contribution in [0.2, 0.25) is 0 Å². The summed E-state index contributed by atoms with van der Waals surface area (Å²) in [5.74, 6) is 1.52. The summed E-state index contributed by atoms with van der Waals surface area (Å²) in [7, 11) is 0. The molecule has 0 aliphatic carbocycles. The molecule has 0 aliphatic rings. The number of esters is 1. The van der Waals surface area contributed by atoms with E-state index < -0.39 is 5.97 Å². The van der Waals surface area contributed by atoms with Gasteiger partial charge in [0, 0.05) is 6.08 Å². The lowest BCUT2D eigenvalue weighted by atomic mass is 10.2. The molecular formula is C22H22N2O5. The summed E-state index contributed by atoms with van der Waals surface area (Å²) in [6, 6.07) is 14.8. The average molecular weight is 394 g/mol. The zero-order valence-electron chi connectivity index (χ0n) is 16.3. The Morgan fingerprint density at radius 2 is 1.79 bits per heavy atom. The molecule has 0 saturated carbocycles.